The number of aromatic nitrogens is 3. The molecule has 228 valence electrons. The van der Waals surface area contributed by atoms with Crippen LogP contribution in [0.25, 0.3) is 99.5 Å². The molecule has 8 aromatic carbocycles. The second-order valence-corrected chi connectivity index (χ2v) is 12.4. The van der Waals surface area contributed by atoms with Crippen LogP contribution in [0.4, 0.5) is 0 Å². The quantitative estimate of drug-likeness (QED) is 0.183. The molecule has 0 atom stereocenters. The lowest BCUT2D eigenvalue weighted by Crippen LogP contribution is -2.00. The van der Waals surface area contributed by atoms with Gasteiger partial charge in [-0.2, -0.15) is 0 Å². The summed E-state index contributed by atoms with van der Waals surface area (Å²) in [5, 5.41) is 9.27. The molecule has 0 saturated carbocycles. The molecule has 4 nitrogen and oxygen atoms in total. The molecule has 0 fully saturated rings. The number of benzene rings is 8. The Morgan fingerprint density at radius 1 is 0.327 bits per heavy atom. The van der Waals surface area contributed by atoms with Crippen molar-refractivity contribution in [2.24, 2.45) is 0 Å². The molecule has 0 unspecified atom stereocenters. The molecule has 4 heteroatoms. The second-order valence-electron chi connectivity index (χ2n) is 12.4. The van der Waals surface area contributed by atoms with Crippen molar-refractivity contribution in [3.05, 3.63) is 164 Å². The third-order valence-corrected chi connectivity index (χ3v) is 9.49. The summed E-state index contributed by atoms with van der Waals surface area (Å²) in [5.74, 6) is 1.84. The minimum Gasteiger partial charge on any atom is -0.456 e. The molecule has 0 radical (unpaired) electrons. The Labute approximate surface area is 282 Å². The van der Waals surface area contributed by atoms with Crippen LogP contribution in [0.5, 0.6) is 0 Å². The molecule has 0 N–H and O–H groups in total. The maximum atomic E-state index is 6.24. The van der Waals surface area contributed by atoms with E-state index in [-0.39, 0.29) is 0 Å². The first kappa shape index (κ1) is 27.5. The molecular formula is C45H27N3O. The third-order valence-electron chi connectivity index (χ3n) is 9.49. The van der Waals surface area contributed by atoms with Gasteiger partial charge in [-0.25, -0.2) is 15.0 Å². The molecule has 10 rings (SSSR count). The van der Waals surface area contributed by atoms with Gasteiger partial charge < -0.3 is 4.42 Å². The van der Waals surface area contributed by atoms with E-state index in [0.29, 0.717) is 17.5 Å². The van der Waals surface area contributed by atoms with Crippen molar-refractivity contribution >= 4 is 54.3 Å². The number of hydrogen-bond acceptors (Lipinski definition) is 4. The molecule has 2 heterocycles. The lowest BCUT2D eigenvalue weighted by molar-refractivity contribution is 0.669. The van der Waals surface area contributed by atoms with Crippen LogP contribution in [0.15, 0.2) is 168 Å². The summed E-state index contributed by atoms with van der Waals surface area (Å²) in [4.78, 5) is 15.4. The maximum Gasteiger partial charge on any atom is 0.164 e. The zero-order valence-corrected chi connectivity index (χ0v) is 26.3. The first-order valence-corrected chi connectivity index (χ1v) is 16.4. The van der Waals surface area contributed by atoms with E-state index in [2.05, 4.69) is 103 Å². The van der Waals surface area contributed by atoms with Crippen LogP contribution < -0.4 is 0 Å². The second kappa shape index (κ2) is 11.0. The highest BCUT2D eigenvalue weighted by Gasteiger charge is 2.19. The van der Waals surface area contributed by atoms with Crippen LogP contribution in [0, 0.1) is 0 Å². The van der Waals surface area contributed by atoms with Crippen molar-refractivity contribution < 1.29 is 4.42 Å². The van der Waals surface area contributed by atoms with E-state index in [1.54, 1.807) is 0 Å². The molecule has 0 aliphatic rings. The molecule has 0 aliphatic heterocycles. The van der Waals surface area contributed by atoms with E-state index in [1.807, 2.05) is 60.7 Å². The summed E-state index contributed by atoms with van der Waals surface area (Å²) in [6.45, 7) is 0. The third kappa shape index (κ3) is 4.57. The van der Waals surface area contributed by atoms with E-state index >= 15 is 0 Å². The standard InChI is InChI=1S/C45H27N3O/c1-2-12-30(13-3-1)43-46-44(48-45(47-43)37-18-10-20-41-42(37)36-17-8-9-19-40(36)49-41)33-25-31-14-5-7-16-35(31)39(27-33)32-24-23-29-22-21-28-11-4-6-15-34(28)38(29)26-32/h1-27H. The fourth-order valence-corrected chi connectivity index (χ4v) is 7.15. The van der Waals surface area contributed by atoms with Gasteiger partial charge >= 0.3 is 0 Å². The van der Waals surface area contributed by atoms with Crippen molar-refractivity contribution in [2.75, 3.05) is 0 Å². The van der Waals surface area contributed by atoms with Crippen LogP contribution in [-0.4, -0.2) is 15.0 Å². The van der Waals surface area contributed by atoms with Crippen LogP contribution in [0.3, 0.4) is 0 Å². The van der Waals surface area contributed by atoms with Gasteiger partial charge in [0.05, 0.1) is 0 Å². The fourth-order valence-electron chi connectivity index (χ4n) is 7.15. The minimum atomic E-state index is 0.605. The smallest absolute Gasteiger partial charge is 0.164 e. The average Bonchev–Trinajstić information content (AvgIpc) is 3.56. The molecule has 49 heavy (non-hydrogen) atoms. The normalized spacial score (nSPS) is 11.7. The van der Waals surface area contributed by atoms with Gasteiger partial charge in [-0.1, -0.05) is 133 Å². The summed E-state index contributed by atoms with van der Waals surface area (Å²) in [5.41, 5.74) is 6.69. The molecule has 0 aliphatic carbocycles. The number of rotatable bonds is 4. The highest BCUT2D eigenvalue weighted by molar-refractivity contribution is 6.12. The highest BCUT2D eigenvalue weighted by atomic mass is 16.3. The van der Waals surface area contributed by atoms with Crippen molar-refractivity contribution in [3.63, 3.8) is 0 Å². The molecule has 10 aromatic rings. The van der Waals surface area contributed by atoms with Gasteiger partial charge in [0, 0.05) is 27.5 Å². The molecular weight excluding hydrogens is 599 g/mol. The molecule has 0 amide bonds. The van der Waals surface area contributed by atoms with Crippen molar-refractivity contribution in [3.8, 4) is 45.3 Å². The molecule has 2 aromatic heterocycles. The zero-order chi connectivity index (χ0) is 32.3. The summed E-state index contributed by atoms with van der Waals surface area (Å²) < 4.78 is 6.24. The Morgan fingerprint density at radius 3 is 1.82 bits per heavy atom. The van der Waals surface area contributed by atoms with Gasteiger partial charge in [-0.15, -0.1) is 0 Å². The Kier molecular flexibility index (Phi) is 6.15. The number of para-hydroxylation sites is 1. The highest BCUT2D eigenvalue weighted by Crippen LogP contribution is 2.39. The van der Waals surface area contributed by atoms with Crippen LogP contribution in [0.2, 0.25) is 0 Å². The van der Waals surface area contributed by atoms with Crippen LogP contribution in [-0.2, 0) is 0 Å². The first-order chi connectivity index (χ1) is 24.3. The van der Waals surface area contributed by atoms with E-state index < -0.39 is 0 Å². The van der Waals surface area contributed by atoms with Crippen LogP contribution in [0.1, 0.15) is 0 Å². The minimum absolute atomic E-state index is 0.605. The van der Waals surface area contributed by atoms with Crippen molar-refractivity contribution in [1.29, 1.82) is 0 Å². The van der Waals surface area contributed by atoms with Gasteiger partial charge in [0.2, 0.25) is 0 Å². The summed E-state index contributed by atoms with van der Waals surface area (Å²) in [7, 11) is 0. The van der Waals surface area contributed by atoms with Gasteiger partial charge in [-0.3, -0.25) is 0 Å². The molecule has 0 spiro atoms. The lowest BCUT2D eigenvalue weighted by atomic mass is 9.92. The van der Waals surface area contributed by atoms with Gasteiger partial charge in [0.15, 0.2) is 17.5 Å². The Bertz CT molecular complexity index is 2890. The van der Waals surface area contributed by atoms with Gasteiger partial charge in [0.25, 0.3) is 0 Å². The number of fused-ring (bicyclic) bond motifs is 7. The van der Waals surface area contributed by atoms with E-state index in [4.69, 9.17) is 19.4 Å². The van der Waals surface area contributed by atoms with Gasteiger partial charge in [-0.05, 0) is 73.8 Å². The zero-order valence-electron chi connectivity index (χ0n) is 26.3. The number of furan rings is 1. The van der Waals surface area contributed by atoms with Crippen molar-refractivity contribution in [1.82, 2.24) is 15.0 Å². The Morgan fingerprint density at radius 2 is 0.959 bits per heavy atom. The number of hydrogen-bond donors (Lipinski definition) is 0. The average molecular weight is 626 g/mol. The number of nitrogens with zero attached hydrogens (tertiary/aromatic N) is 3. The SMILES string of the molecule is c1ccc(-c2nc(-c3cc(-c4ccc5ccc6ccccc6c5c4)c4ccccc4c3)nc(-c3cccc4oc5ccccc5c34)n2)cc1. The lowest BCUT2D eigenvalue weighted by Gasteiger charge is -2.14. The van der Waals surface area contributed by atoms with E-state index in [9.17, 15) is 0 Å². The van der Waals surface area contributed by atoms with Gasteiger partial charge in [0.1, 0.15) is 11.2 Å². The maximum absolute atomic E-state index is 6.24. The van der Waals surface area contributed by atoms with Crippen molar-refractivity contribution in [2.45, 2.75) is 0 Å². The van der Waals surface area contributed by atoms with Crippen LogP contribution >= 0.6 is 0 Å². The Balaban J connectivity index is 1.23. The predicted octanol–water partition coefficient (Wildman–Crippen LogP) is 11.9. The summed E-state index contributed by atoms with van der Waals surface area (Å²) in [6, 6.07) is 57.1. The topological polar surface area (TPSA) is 51.8 Å². The summed E-state index contributed by atoms with van der Waals surface area (Å²) >= 11 is 0. The van der Waals surface area contributed by atoms with E-state index in [0.717, 1.165) is 55.1 Å². The first-order valence-electron chi connectivity index (χ1n) is 16.4. The fraction of sp³-hybridized carbons (Fsp3) is 0. The summed E-state index contributed by atoms with van der Waals surface area (Å²) in [6.07, 6.45) is 0. The Hall–Kier alpha value is -6.65. The predicted molar refractivity (Wildman–Crippen MR) is 201 cm³/mol. The monoisotopic (exact) mass is 625 g/mol. The molecule has 0 bridgehead atoms. The largest absolute Gasteiger partial charge is 0.456 e. The molecule has 0 saturated heterocycles. The van der Waals surface area contributed by atoms with E-state index in [1.165, 1.54) is 26.9 Å².